The minimum absolute atomic E-state index is 0.0424. The highest BCUT2D eigenvalue weighted by Crippen LogP contribution is 2.44. The average molecular weight is 353 g/mol. The van der Waals surface area contributed by atoms with E-state index in [0.717, 1.165) is 31.0 Å². The van der Waals surface area contributed by atoms with Crippen molar-refractivity contribution in [3.63, 3.8) is 0 Å². The van der Waals surface area contributed by atoms with Crippen molar-refractivity contribution in [2.24, 2.45) is 11.3 Å². The largest absolute Gasteiger partial charge is 0.444 e. The highest BCUT2D eigenvalue weighted by atomic mass is 35.5. The summed E-state index contributed by atoms with van der Waals surface area (Å²) in [6, 6.07) is 0. The number of carbonyl (C=O) groups is 1. The van der Waals surface area contributed by atoms with Crippen molar-refractivity contribution in [2.75, 3.05) is 31.1 Å². The van der Waals surface area contributed by atoms with Crippen molar-refractivity contribution < 1.29 is 9.53 Å². The number of nitrogens with zero attached hydrogens (tertiary/aromatic N) is 4. The number of fused-ring (bicyclic) bond motifs is 1. The molecule has 2 saturated heterocycles. The van der Waals surface area contributed by atoms with Gasteiger partial charge in [-0.2, -0.15) is 0 Å². The lowest BCUT2D eigenvalue weighted by Crippen LogP contribution is -2.39. The van der Waals surface area contributed by atoms with Gasteiger partial charge in [0, 0.05) is 49.3 Å². The van der Waals surface area contributed by atoms with Crippen LogP contribution in [0, 0.1) is 18.3 Å². The second-order valence-electron chi connectivity index (χ2n) is 8.24. The lowest BCUT2D eigenvalue weighted by molar-refractivity contribution is 0.0273. The predicted molar refractivity (Wildman–Crippen MR) is 93.4 cm³/mol. The number of hydrogen-bond acceptors (Lipinski definition) is 5. The Morgan fingerprint density at radius 3 is 2.71 bits per heavy atom. The maximum Gasteiger partial charge on any atom is 0.410 e. The van der Waals surface area contributed by atoms with Crippen molar-refractivity contribution in [2.45, 2.75) is 40.2 Å². The van der Waals surface area contributed by atoms with Gasteiger partial charge in [0.2, 0.25) is 5.28 Å². The van der Waals surface area contributed by atoms with Crippen molar-refractivity contribution in [3.8, 4) is 0 Å². The number of carbonyl (C=O) groups excluding carboxylic acids is 1. The molecule has 0 N–H and O–H groups in total. The van der Waals surface area contributed by atoms with E-state index in [1.807, 2.05) is 32.6 Å². The van der Waals surface area contributed by atoms with Crippen molar-refractivity contribution in [1.82, 2.24) is 14.9 Å². The van der Waals surface area contributed by atoms with Gasteiger partial charge in [-0.25, -0.2) is 14.8 Å². The zero-order chi connectivity index (χ0) is 17.7. The first kappa shape index (κ1) is 17.3. The molecule has 0 aromatic carbocycles. The van der Waals surface area contributed by atoms with Gasteiger partial charge in [0.1, 0.15) is 11.4 Å². The number of rotatable bonds is 1. The van der Waals surface area contributed by atoms with E-state index in [0.29, 0.717) is 12.5 Å². The molecule has 2 atom stereocenters. The van der Waals surface area contributed by atoms with E-state index in [1.165, 1.54) is 0 Å². The Kier molecular flexibility index (Phi) is 4.14. The molecule has 132 valence electrons. The molecular formula is C17H25ClN4O2. The quantitative estimate of drug-likeness (QED) is 0.727. The van der Waals surface area contributed by atoms with E-state index >= 15 is 0 Å². The lowest BCUT2D eigenvalue weighted by Gasteiger charge is -2.28. The van der Waals surface area contributed by atoms with E-state index in [4.69, 9.17) is 16.3 Å². The number of aryl methyl sites for hydroxylation is 1. The Labute approximate surface area is 148 Å². The average Bonchev–Trinajstić information content (AvgIpc) is 2.91. The predicted octanol–water partition coefficient (Wildman–Crippen LogP) is 3.13. The fourth-order valence-corrected chi connectivity index (χ4v) is 3.83. The molecule has 2 aliphatic rings. The number of likely N-dealkylation sites (tertiary alicyclic amines) is 1. The van der Waals surface area contributed by atoms with Gasteiger partial charge in [0.05, 0.1) is 0 Å². The summed E-state index contributed by atoms with van der Waals surface area (Å²) in [6.07, 6.45) is 1.54. The minimum Gasteiger partial charge on any atom is -0.444 e. The summed E-state index contributed by atoms with van der Waals surface area (Å²) in [4.78, 5) is 24.9. The molecule has 1 amide bonds. The second-order valence-corrected chi connectivity index (χ2v) is 8.58. The summed E-state index contributed by atoms with van der Waals surface area (Å²) in [5, 5.41) is 0.271. The van der Waals surface area contributed by atoms with Crippen molar-refractivity contribution in [1.29, 1.82) is 0 Å². The first-order valence-corrected chi connectivity index (χ1v) is 8.67. The first-order chi connectivity index (χ1) is 11.1. The van der Waals surface area contributed by atoms with Crippen LogP contribution in [-0.2, 0) is 4.74 Å². The molecule has 7 heteroatoms. The fraction of sp³-hybridized carbons (Fsp3) is 0.706. The zero-order valence-electron chi connectivity index (χ0n) is 15.0. The summed E-state index contributed by atoms with van der Waals surface area (Å²) < 4.78 is 5.51. The van der Waals surface area contributed by atoms with Crippen LogP contribution in [0.25, 0.3) is 0 Å². The van der Waals surface area contributed by atoms with Gasteiger partial charge in [-0.3, -0.25) is 0 Å². The molecule has 1 aromatic rings. The Bertz CT molecular complexity index is 660. The molecule has 0 aliphatic carbocycles. The summed E-state index contributed by atoms with van der Waals surface area (Å²) >= 11 is 5.96. The van der Waals surface area contributed by atoms with Crippen LogP contribution in [-0.4, -0.2) is 52.7 Å². The van der Waals surface area contributed by atoms with Crippen LogP contribution in [0.4, 0.5) is 10.6 Å². The first-order valence-electron chi connectivity index (χ1n) is 8.29. The third kappa shape index (κ3) is 3.29. The van der Waals surface area contributed by atoms with Gasteiger partial charge in [0.25, 0.3) is 0 Å². The fourth-order valence-electron chi connectivity index (χ4n) is 3.70. The summed E-state index contributed by atoms with van der Waals surface area (Å²) in [5.41, 5.74) is 0.601. The Balaban J connectivity index is 1.71. The van der Waals surface area contributed by atoms with Crippen LogP contribution < -0.4 is 4.90 Å². The molecule has 3 rings (SSSR count). The minimum atomic E-state index is -0.462. The summed E-state index contributed by atoms with van der Waals surface area (Å²) in [6.45, 7) is 13.1. The number of ether oxygens (including phenoxy) is 1. The zero-order valence-corrected chi connectivity index (χ0v) is 15.7. The summed E-state index contributed by atoms with van der Waals surface area (Å²) in [7, 11) is 0. The molecule has 0 bridgehead atoms. The van der Waals surface area contributed by atoms with E-state index in [2.05, 4.69) is 21.8 Å². The number of hydrogen-bond donors (Lipinski definition) is 0. The molecule has 0 radical (unpaired) electrons. The highest BCUT2D eigenvalue weighted by molar-refractivity contribution is 6.28. The normalized spacial score (nSPS) is 26.7. The number of anilines is 1. The molecule has 2 aliphatic heterocycles. The standard InChI is InChI=1S/C17H25ClN4O2/c1-11-6-19-14(18)20-13(11)21-7-12-8-22(10-17(12,5)9-21)15(23)24-16(2,3)4/h6,12H,7-10H2,1-5H3. The third-order valence-electron chi connectivity index (χ3n) is 4.84. The van der Waals surface area contributed by atoms with Gasteiger partial charge in [-0.05, 0) is 39.3 Å². The summed E-state index contributed by atoms with van der Waals surface area (Å²) in [5.74, 6) is 1.30. The van der Waals surface area contributed by atoms with Gasteiger partial charge >= 0.3 is 6.09 Å². The molecule has 2 fully saturated rings. The lowest BCUT2D eigenvalue weighted by atomic mass is 9.83. The third-order valence-corrected chi connectivity index (χ3v) is 5.02. The maximum absolute atomic E-state index is 12.3. The number of halogens is 1. The van der Waals surface area contributed by atoms with E-state index in [9.17, 15) is 4.79 Å². The molecule has 2 unspecified atom stereocenters. The Morgan fingerprint density at radius 1 is 1.38 bits per heavy atom. The molecule has 1 aromatic heterocycles. The maximum atomic E-state index is 12.3. The molecule has 0 saturated carbocycles. The van der Waals surface area contributed by atoms with Crippen LogP contribution in [0.15, 0.2) is 6.20 Å². The van der Waals surface area contributed by atoms with Crippen LogP contribution in [0.2, 0.25) is 5.28 Å². The Hall–Kier alpha value is -1.56. The molecule has 3 heterocycles. The molecular weight excluding hydrogens is 328 g/mol. The van der Waals surface area contributed by atoms with Gasteiger partial charge in [-0.15, -0.1) is 0 Å². The van der Waals surface area contributed by atoms with E-state index in [1.54, 1.807) is 6.20 Å². The molecule has 0 spiro atoms. The van der Waals surface area contributed by atoms with Crippen LogP contribution in [0.5, 0.6) is 0 Å². The van der Waals surface area contributed by atoms with Crippen molar-refractivity contribution >= 4 is 23.5 Å². The van der Waals surface area contributed by atoms with Crippen LogP contribution in [0.3, 0.4) is 0 Å². The smallest absolute Gasteiger partial charge is 0.410 e. The SMILES string of the molecule is Cc1cnc(Cl)nc1N1CC2CN(C(=O)OC(C)(C)C)CC2(C)C1. The molecule has 24 heavy (non-hydrogen) atoms. The monoisotopic (exact) mass is 352 g/mol. The topological polar surface area (TPSA) is 58.6 Å². The second kappa shape index (κ2) is 5.76. The van der Waals surface area contributed by atoms with E-state index < -0.39 is 5.60 Å². The van der Waals surface area contributed by atoms with Crippen LogP contribution in [0.1, 0.15) is 33.3 Å². The van der Waals surface area contributed by atoms with Gasteiger partial charge in [-0.1, -0.05) is 6.92 Å². The van der Waals surface area contributed by atoms with Crippen molar-refractivity contribution in [3.05, 3.63) is 17.0 Å². The van der Waals surface area contributed by atoms with E-state index in [-0.39, 0.29) is 16.8 Å². The van der Waals surface area contributed by atoms with Gasteiger partial charge < -0.3 is 14.5 Å². The van der Waals surface area contributed by atoms with Gasteiger partial charge in [0.15, 0.2) is 0 Å². The highest BCUT2D eigenvalue weighted by Gasteiger charge is 2.51. The van der Waals surface area contributed by atoms with Crippen LogP contribution >= 0.6 is 11.6 Å². The number of aromatic nitrogens is 2. The Morgan fingerprint density at radius 2 is 2.08 bits per heavy atom. The molecule has 6 nitrogen and oxygen atoms in total. The number of amides is 1.